The molecule has 0 aliphatic carbocycles. The van der Waals surface area contributed by atoms with E-state index in [1.165, 1.54) is 12.3 Å². The Morgan fingerprint density at radius 3 is 3.00 bits per heavy atom. The second-order valence-electron chi connectivity index (χ2n) is 6.22. The van der Waals surface area contributed by atoms with Gasteiger partial charge in [-0.1, -0.05) is 6.07 Å². The molecule has 1 aliphatic rings. The summed E-state index contributed by atoms with van der Waals surface area (Å²) in [6, 6.07) is 6.58. The highest BCUT2D eigenvalue weighted by molar-refractivity contribution is 5.75. The molecule has 0 atom stereocenters. The van der Waals surface area contributed by atoms with Crippen LogP contribution in [0.4, 0.5) is 10.1 Å². The summed E-state index contributed by atoms with van der Waals surface area (Å²) in [5.74, 6) is 0.523. The molecule has 3 rings (SSSR count). The van der Waals surface area contributed by atoms with E-state index in [9.17, 15) is 9.65 Å². The molecule has 1 fully saturated rings. The highest BCUT2D eigenvalue weighted by Crippen LogP contribution is 2.29. The van der Waals surface area contributed by atoms with Crippen molar-refractivity contribution in [3.8, 4) is 11.8 Å². The van der Waals surface area contributed by atoms with Crippen LogP contribution in [0.5, 0.6) is 5.75 Å². The smallest absolute Gasteiger partial charge is 0.216 e. The Kier molecular flexibility index (Phi) is 5.76. The minimum atomic E-state index is -0.465. The second kappa shape index (κ2) is 8.40. The van der Waals surface area contributed by atoms with Crippen molar-refractivity contribution in [2.45, 2.75) is 12.8 Å². The quantitative estimate of drug-likeness (QED) is 0.763. The molecule has 0 radical (unpaired) electrons. The first-order valence-corrected chi connectivity index (χ1v) is 8.38. The first-order chi connectivity index (χ1) is 12.7. The normalized spacial score (nSPS) is 16.3. The summed E-state index contributed by atoms with van der Waals surface area (Å²) in [4.78, 5) is 2.29. The zero-order valence-electron chi connectivity index (χ0n) is 14.4. The molecule has 26 heavy (non-hydrogen) atoms. The van der Waals surface area contributed by atoms with Crippen LogP contribution < -0.4 is 10.1 Å². The summed E-state index contributed by atoms with van der Waals surface area (Å²) in [5.41, 5.74) is 0.306. The Morgan fingerprint density at radius 1 is 1.50 bits per heavy atom. The number of H-pyrrole nitrogens is 1. The highest BCUT2D eigenvalue weighted by atomic mass is 19.1. The highest BCUT2D eigenvalue weighted by Gasteiger charge is 2.18. The molecule has 1 aromatic carbocycles. The molecular weight excluding hydrogens is 337 g/mol. The third kappa shape index (κ3) is 4.34. The summed E-state index contributed by atoms with van der Waals surface area (Å²) in [6.07, 6.45) is 3.46. The molecular formula is C17H20FN7O. The van der Waals surface area contributed by atoms with Crippen LogP contribution >= 0.6 is 0 Å². The van der Waals surface area contributed by atoms with E-state index >= 15 is 0 Å². The van der Waals surface area contributed by atoms with E-state index < -0.39 is 5.82 Å². The molecule has 9 heteroatoms. The molecule has 0 unspecified atom stereocenters. The largest absolute Gasteiger partial charge is 0.491 e. The third-order valence-electron chi connectivity index (χ3n) is 4.36. The molecule has 8 nitrogen and oxygen atoms in total. The van der Waals surface area contributed by atoms with Gasteiger partial charge in [0.05, 0.1) is 6.61 Å². The van der Waals surface area contributed by atoms with Crippen molar-refractivity contribution in [2.24, 2.45) is 5.92 Å². The maximum Gasteiger partial charge on any atom is 0.216 e. The van der Waals surface area contributed by atoms with E-state index in [0.717, 1.165) is 25.9 Å². The summed E-state index contributed by atoms with van der Waals surface area (Å²) in [7, 11) is 2.11. The maximum absolute atomic E-state index is 14.3. The van der Waals surface area contributed by atoms with E-state index in [1.807, 2.05) is 6.07 Å². The predicted molar refractivity (Wildman–Crippen MR) is 93.5 cm³/mol. The number of hydrogen-bond donors (Lipinski definition) is 2. The Bertz CT molecular complexity index is 792. The van der Waals surface area contributed by atoms with Crippen molar-refractivity contribution in [1.29, 1.82) is 5.26 Å². The minimum absolute atomic E-state index is 0.128. The maximum atomic E-state index is 14.3. The number of likely N-dealkylation sites (tertiary alicyclic amines) is 1. The van der Waals surface area contributed by atoms with Crippen molar-refractivity contribution in [2.75, 3.05) is 32.1 Å². The number of aromatic amines is 1. The Hall–Kier alpha value is -2.99. The lowest BCUT2D eigenvalue weighted by Crippen LogP contribution is -2.32. The molecule has 0 spiro atoms. The van der Waals surface area contributed by atoms with Gasteiger partial charge < -0.3 is 15.0 Å². The molecule has 0 saturated carbocycles. The van der Waals surface area contributed by atoms with Gasteiger partial charge in [-0.25, -0.2) is 4.39 Å². The summed E-state index contributed by atoms with van der Waals surface area (Å²) in [5, 5.41) is 25.2. The van der Waals surface area contributed by atoms with Crippen molar-refractivity contribution < 1.29 is 9.13 Å². The van der Waals surface area contributed by atoms with Gasteiger partial charge in [-0.15, -0.1) is 10.2 Å². The fraction of sp³-hybridized carbons (Fsp3) is 0.412. The van der Waals surface area contributed by atoms with Crippen molar-refractivity contribution in [3.05, 3.63) is 36.0 Å². The zero-order valence-corrected chi connectivity index (χ0v) is 14.4. The molecule has 1 aromatic heterocycles. The van der Waals surface area contributed by atoms with Crippen LogP contribution in [0.3, 0.4) is 0 Å². The standard InChI is InChI=1S/C17H20FN7O/c1-25-7-5-12(6-8-25)11-26-15-4-2-3-14(18)16(15)20-10-13(9-19)17-21-23-24-22-17/h2-4,10,12,20H,5-8,11H2,1H3,(H,21,22,23,24). The number of nitrogens with one attached hydrogen (secondary N) is 2. The Morgan fingerprint density at radius 2 is 2.31 bits per heavy atom. The van der Waals surface area contributed by atoms with Gasteiger partial charge in [0.2, 0.25) is 5.82 Å². The SMILES string of the molecule is CN1CCC(COc2cccc(F)c2NC=C(C#N)c2nn[nH]n2)CC1. The number of para-hydroxylation sites is 1. The van der Waals surface area contributed by atoms with Crippen LogP contribution in [-0.2, 0) is 0 Å². The number of ether oxygens (including phenoxy) is 1. The number of tetrazole rings is 1. The summed E-state index contributed by atoms with van der Waals surface area (Å²) >= 11 is 0. The summed E-state index contributed by atoms with van der Waals surface area (Å²) < 4.78 is 20.1. The first kappa shape index (κ1) is 17.8. The molecule has 1 saturated heterocycles. The van der Waals surface area contributed by atoms with Gasteiger partial charge in [-0.3, -0.25) is 0 Å². The van der Waals surface area contributed by atoms with Gasteiger partial charge in [0, 0.05) is 6.20 Å². The van der Waals surface area contributed by atoms with Crippen LogP contribution in [0.15, 0.2) is 24.4 Å². The molecule has 2 heterocycles. The van der Waals surface area contributed by atoms with Crippen molar-refractivity contribution in [1.82, 2.24) is 25.5 Å². The average molecular weight is 357 g/mol. The number of halogens is 1. The number of aromatic nitrogens is 4. The van der Waals surface area contributed by atoms with E-state index in [0.29, 0.717) is 18.3 Å². The Balaban J connectivity index is 1.70. The molecule has 0 bridgehead atoms. The fourth-order valence-corrected chi connectivity index (χ4v) is 2.77. The van der Waals surface area contributed by atoms with Gasteiger partial charge >= 0.3 is 0 Å². The van der Waals surface area contributed by atoms with E-state index in [2.05, 4.69) is 37.9 Å². The second-order valence-corrected chi connectivity index (χ2v) is 6.22. The lowest BCUT2D eigenvalue weighted by molar-refractivity contribution is 0.160. The van der Waals surface area contributed by atoms with E-state index in [-0.39, 0.29) is 17.1 Å². The van der Waals surface area contributed by atoms with E-state index in [1.54, 1.807) is 12.1 Å². The first-order valence-electron chi connectivity index (χ1n) is 8.38. The van der Waals surface area contributed by atoms with Crippen LogP contribution in [-0.4, -0.2) is 52.3 Å². The monoisotopic (exact) mass is 357 g/mol. The summed E-state index contributed by atoms with van der Waals surface area (Å²) in [6.45, 7) is 2.62. The zero-order chi connectivity index (χ0) is 18.4. The van der Waals surface area contributed by atoms with Crippen molar-refractivity contribution in [3.63, 3.8) is 0 Å². The number of hydrogen-bond acceptors (Lipinski definition) is 7. The fourth-order valence-electron chi connectivity index (χ4n) is 2.77. The topological polar surface area (TPSA) is 103 Å². The molecule has 0 amide bonds. The van der Waals surface area contributed by atoms with Gasteiger partial charge in [0.15, 0.2) is 0 Å². The Labute approximate surface area is 150 Å². The van der Waals surface area contributed by atoms with Gasteiger partial charge in [-0.2, -0.15) is 10.5 Å². The van der Waals surface area contributed by atoms with E-state index in [4.69, 9.17) is 4.74 Å². The van der Waals surface area contributed by atoms with Gasteiger partial charge in [0.25, 0.3) is 0 Å². The molecule has 2 aromatic rings. The van der Waals surface area contributed by atoms with Gasteiger partial charge in [0.1, 0.15) is 28.9 Å². The minimum Gasteiger partial charge on any atom is -0.491 e. The van der Waals surface area contributed by atoms with Crippen LogP contribution in [0.25, 0.3) is 5.57 Å². The number of nitriles is 1. The van der Waals surface area contributed by atoms with Crippen LogP contribution in [0.2, 0.25) is 0 Å². The van der Waals surface area contributed by atoms with Crippen LogP contribution in [0, 0.1) is 23.1 Å². The van der Waals surface area contributed by atoms with Gasteiger partial charge in [-0.05, 0) is 56.2 Å². The lowest BCUT2D eigenvalue weighted by Gasteiger charge is -2.29. The predicted octanol–water partition coefficient (Wildman–Crippen LogP) is 2.04. The number of nitrogens with zero attached hydrogens (tertiary/aromatic N) is 5. The van der Waals surface area contributed by atoms with Crippen molar-refractivity contribution >= 4 is 11.3 Å². The number of anilines is 1. The molecule has 1 aliphatic heterocycles. The third-order valence-corrected chi connectivity index (χ3v) is 4.36. The molecule has 2 N–H and O–H groups in total. The number of allylic oxidation sites excluding steroid dienone is 1. The number of benzene rings is 1. The number of rotatable bonds is 6. The lowest BCUT2D eigenvalue weighted by atomic mass is 9.98. The number of piperidine rings is 1. The van der Waals surface area contributed by atoms with Crippen LogP contribution in [0.1, 0.15) is 18.7 Å². The average Bonchev–Trinajstić information content (AvgIpc) is 3.18. The molecule has 136 valence electrons.